The lowest BCUT2D eigenvalue weighted by molar-refractivity contribution is -0.142. The molecule has 1 amide bonds. The van der Waals surface area contributed by atoms with Crippen LogP contribution in [-0.4, -0.2) is 30.5 Å². The van der Waals surface area contributed by atoms with Crippen LogP contribution in [0.1, 0.15) is 42.1 Å². The van der Waals surface area contributed by atoms with Gasteiger partial charge in [-0.1, -0.05) is 29.3 Å². The Hall–Kier alpha value is -2.11. The van der Waals surface area contributed by atoms with E-state index in [1.165, 1.54) is 15.7 Å². The van der Waals surface area contributed by atoms with Gasteiger partial charge in [-0.25, -0.2) is 9.67 Å². The molecule has 1 aromatic carbocycles. The highest BCUT2D eigenvalue weighted by molar-refractivity contribution is 9.10. The second kappa shape index (κ2) is 9.03. The first-order valence-corrected chi connectivity index (χ1v) is 11.1. The Kier molecular flexibility index (Phi) is 6.51. The van der Waals surface area contributed by atoms with Crippen molar-refractivity contribution in [1.29, 1.82) is 0 Å². The molecule has 0 saturated heterocycles. The van der Waals surface area contributed by atoms with Gasteiger partial charge in [0.15, 0.2) is 5.69 Å². The van der Waals surface area contributed by atoms with Crippen molar-refractivity contribution < 1.29 is 18.0 Å². The lowest BCUT2D eigenvalue weighted by Gasteiger charge is -2.07. The molecule has 1 aliphatic carbocycles. The van der Waals surface area contributed by atoms with Gasteiger partial charge in [-0.05, 0) is 40.9 Å². The maximum atomic E-state index is 13.2. The van der Waals surface area contributed by atoms with Gasteiger partial charge in [0.25, 0.3) is 0 Å². The Morgan fingerprint density at radius 2 is 1.91 bits per heavy atom. The molecular weight excluding hydrogens is 536 g/mol. The molecule has 13 heteroatoms. The van der Waals surface area contributed by atoms with Gasteiger partial charge in [0, 0.05) is 27.9 Å². The number of aromatic nitrogens is 5. The van der Waals surface area contributed by atoms with E-state index in [0.29, 0.717) is 21.3 Å². The van der Waals surface area contributed by atoms with Crippen LogP contribution in [0.4, 0.5) is 19.1 Å². The fourth-order valence-corrected chi connectivity index (χ4v) is 4.57. The number of nitrogens with one attached hydrogen (secondary N) is 1. The molecule has 4 rings (SSSR count). The summed E-state index contributed by atoms with van der Waals surface area (Å²) >= 11 is 15.3. The average Bonchev–Trinajstić information content (AvgIpc) is 3.35. The molecule has 0 aliphatic heterocycles. The Bertz CT molecular complexity index is 1140. The van der Waals surface area contributed by atoms with Crippen LogP contribution in [0.15, 0.2) is 29.0 Å². The third-order valence-electron chi connectivity index (χ3n) is 4.88. The number of amides is 1. The first-order chi connectivity index (χ1) is 15.1. The zero-order chi connectivity index (χ0) is 23.0. The summed E-state index contributed by atoms with van der Waals surface area (Å²) in [6, 6.07) is 5.14. The molecule has 0 radical (unpaired) electrons. The average molecular weight is 552 g/mol. The van der Waals surface area contributed by atoms with E-state index in [2.05, 4.69) is 36.4 Å². The van der Waals surface area contributed by atoms with Crippen molar-refractivity contribution in [2.24, 2.45) is 0 Å². The minimum absolute atomic E-state index is 0.00227. The van der Waals surface area contributed by atoms with Crippen molar-refractivity contribution in [3.05, 3.63) is 56.0 Å². The van der Waals surface area contributed by atoms with Crippen LogP contribution < -0.4 is 5.32 Å². The van der Waals surface area contributed by atoms with Crippen LogP contribution >= 0.6 is 39.1 Å². The number of halogens is 6. The van der Waals surface area contributed by atoms with Crippen molar-refractivity contribution in [1.82, 2.24) is 24.5 Å². The molecule has 0 spiro atoms. The summed E-state index contributed by atoms with van der Waals surface area (Å²) < 4.78 is 42.3. The highest BCUT2D eigenvalue weighted by atomic mass is 79.9. The van der Waals surface area contributed by atoms with Gasteiger partial charge in [-0.3, -0.25) is 14.8 Å². The van der Waals surface area contributed by atoms with Gasteiger partial charge in [0.2, 0.25) is 11.9 Å². The number of alkyl halides is 3. The summed E-state index contributed by atoms with van der Waals surface area (Å²) in [5.41, 5.74) is 0.165. The van der Waals surface area contributed by atoms with E-state index in [0.717, 1.165) is 12.8 Å². The lowest BCUT2D eigenvalue weighted by Crippen LogP contribution is -2.17. The maximum Gasteiger partial charge on any atom is 0.436 e. The zero-order valence-electron chi connectivity index (χ0n) is 16.3. The molecule has 0 unspecified atom stereocenters. The number of carbonyl (C=O) groups is 1. The number of aryl methyl sites for hydroxylation is 1. The fourth-order valence-electron chi connectivity index (χ4n) is 3.22. The summed E-state index contributed by atoms with van der Waals surface area (Å²) in [6.07, 6.45) is -1.65. The van der Waals surface area contributed by atoms with Crippen molar-refractivity contribution in [2.45, 2.75) is 44.4 Å². The number of carbonyl (C=O) groups excluding carboxylic acids is 1. The highest BCUT2D eigenvalue weighted by Crippen LogP contribution is 2.47. The number of benzene rings is 1. The molecule has 7 nitrogen and oxygen atoms in total. The van der Waals surface area contributed by atoms with Crippen LogP contribution in [-0.2, 0) is 24.1 Å². The van der Waals surface area contributed by atoms with E-state index in [4.69, 9.17) is 23.2 Å². The normalized spacial score (nSPS) is 14.1. The smallest absolute Gasteiger partial charge is 0.293 e. The second-order valence-corrected chi connectivity index (χ2v) is 8.91. The summed E-state index contributed by atoms with van der Waals surface area (Å²) in [5.74, 6) is -0.358. The highest BCUT2D eigenvalue weighted by Gasteiger charge is 2.41. The summed E-state index contributed by atoms with van der Waals surface area (Å²) in [4.78, 5) is 16.4. The summed E-state index contributed by atoms with van der Waals surface area (Å²) in [5, 5.41) is 11.4. The van der Waals surface area contributed by atoms with E-state index in [1.54, 1.807) is 18.2 Å². The quantitative estimate of drug-likeness (QED) is 0.419. The number of hydrogen-bond acceptors (Lipinski definition) is 4. The van der Waals surface area contributed by atoms with Gasteiger partial charge >= 0.3 is 6.18 Å². The predicted molar refractivity (Wildman–Crippen MR) is 116 cm³/mol. The van der Waals surface area contributed by atoms with Crippen molar-refractivity contribution in [3.8, 4) is 0 Å². The SMILES string of the molecule is O=C(CCn1nc(C(F)(F)F)c(Br)c1C1CC1)Nc1ncn(Cc2c(Cl)cccc2Cl)n1. The van der Waals surface area contributed by atoms with Crippen molar-refractivity contribution in [3.63, 3.8) is 0 Å². The van der Waals surface area contributed by atoms with Crippen molar-refractivity contribution >= 4 is 51.0 Å². The molecule has 170 valence electrons. The minimum atomic E-state index is -4.57. The molecule has 32 heavy (non-hydrogen) atoms. The molecule has 2 aromatic heterocycles. The van der Waals surface area contributed by atoms with E-state index in [9.17, 15) is 18.0 Å². The third kappa shape index (κ3) is 5.10. The fraction of sp³-hybridized carbons (Fsp3) is 0.368. The maximum absolute atomic E-state index is 13.2. The van der Waals surface area contributed by atoms with E-state index in [1.807, 2.05) is 0 Å². The Morgan fingerprint density at radius 1 is 1.22 bits per heavy atom. The van der Waals surface area contributed by atoms with Crippen LogP contribution in [0.2, 0.25) is 10.0 Å². The second-order valence-electron chi connectivity index (χ2n) is 7.31. The summed E-state index contributed by atoms with van der Waals surface area (Å²) in [7, 11) is 0. The monoisotopic (exact) mass is 550 g/mol. The molecule has 3 aromatic rings. The Labute approximate surface area is 199 Å². The topological polar surface area (TPSA) is 77.6 Å². The molecule has 1 saturated carbocycles. The molecular formula is C19H16BrCl2F3N6O. The lowest BCUT2D eigenvalue weighted by atomic mass is 10.2. The predicted octanol–water partition coefficient (Wildman–Crippen LogP) is 5.52. The van der Waals surface area contributed by atoms with Gasteiger partial charge in [-0.15, -0.1) is 5.10 Å². The van der Waals surface area contributed by atoms with Crippen LogP contribution in [0, 0.1) is 0 Å². The van der Waals surface area contributed by atoms with E-state index in [-0.39, 0.29) is 35.8 Å². The molecule has 1 aliphatic rings. The zero-order valence-corrected chi connectivity index (χ0v) is 19.4. The standard InChI is InChI=1S/C19H16BrCl2F3N6O/c20-15-16(10-4-5-10)31(28-17(15)19(23,24)25)7-6-14(32)27-18-26-9-30(29-18)8-11-12(21)2-1-3-13(11)22/h1-3,9-10H,4-8H2,(H,27,29,32). The molecule has 1 fully saturated rings. The first-order valence-electron chi connectivity index (χ1n) is 9.59. The first kappa shape index (κ1) is 23.1. The van der Waals surface area contributed by atoms with Gasteiger partial charge in [-0.2, -0.15) is 18.3 Å². The van der Waals surface area contributed by atoms with Gasteiger partial charge in [0.05, 0.1) is 23.3 Å². The number of nitrogens with zero attached hydrogens (tertiary/aromatic N) is 5. The molecule has 0 atom stereocenters. The van der Waals surface area contributed by atoms with Gasteiger partial charge < -0.3 is 0 Å². The molecule has 0 bridgehead atoms. The Balaban J connectivity index is 1.39. The van der Waals surface area contributed by atoms with Crippen LogP contribution in [0.5, 0.6) is 0 Å². The summed E-state index contributed by atoms with van der Waals surface area (Å²) in [6.45, 7) is 0.260. The van der Waals surface area contributed by atoms with Gasteiger partial charge in [0.1, 0.15) is 6.33 Å². The number of rotatable bonds is 7. The van der Waals surface area contributed by atoms with Crippen LogP contribution in [0.3, 0.4) is 0 Å². The Morgan fingerprint density at radius 3 is 2.53 bits per heavy atom. The van der Waals surface area contributed by atoms with E-state index >= 15 is 0 Å². The molecule has 1 N–H and O–H groups in total. The molecule has 2 heterocycles. The van der Waals surface area contributed by atoms with E-state index < -0.39 is 17.8 Å². The van der Waals surface area contributed by atoms with Crippen molar-refractivity contribution in [2.75, 3.05) is 5.32 Å². The third-order valence-corrected chi connectivity index (χ3v) is 6.37. The van der Waals surface area contributed by atoms with Crippen LogP contribution in [0.25, 0.3) is 0 Å². The number of anilines is 1. The largest absolute Gasteiger partial charge is 0.436 e. The number of hydrogen-bond donors (Lipinski definition) is 1. The minimum Gasteiger partial charge on any atom is -0.293 e.